The predicted molar refractivity (Wildman–Crippen MR) is 90.8 cm³/mol. The van der Waals surface area contributed by atoms with Crippen LogP contribution in [-0.4, -0.2) is 60.2 Å². The Morgan fingerprint density at radius 1 is 1.32 bits per heavy atom. The molecule has 0 atom stereocenters. The highest BCUT2D eigenvalue weighted by atomic mass is 32.2. The molecule has 134 valence electrons. The van der Waals surface area contributed by atoms with E-state index in [2.05, 4.69) is 25.6 Å². The van der Waals surface area contributed by atoms with Crippen LogP contribution in [0.4, 0.5) is 4.79 Å². The fourth-order valence-corrected chi connectivity index (χ4v) is 3.16. The van der Waals surface area contributed by atoms with Gasteiger partial charge in [0.2, 0.25) is 11.6 Å². The van der Waals surface area contributed by atoms with Crippen molar-refractivity contribution in [3.63, 3.8) is 0 Å². The highest BCUT2D eigenvalue weighted by Gasteiger charge is 2.34. The maximum atomic E-state index is 12.5. The molecule has 3 N–H and O–H groups in total. The first kappa shape index (κ1) is 18.7. The van der Waals surface area contributed by atoms with Crippen LogP contribution in [0, 0.1) is 0 Å². The second-order valence-corrected chi connectivity index (χ2v) is 6.21. The number of Topliss-reactive ketones (excluding diaryl/α,β-unsaturated/α-hetero) is 1. The molecule has 2 amide bonds. The third-order valence-electron chi connectivity index (χ3n) is 3.45. The molecule has 0 saturated carbocycles. The Morgan fingerprint density at radius 3 is 2.76 bits per heavy atom. The fraction of sp³-hybridized carbons (Fsp3) is 0.400. The number of rotatable bonds is 7. The van der Waals surface area contributed by atoms with Crippen LogP contribution in [-0.2, 0) is 4.74 Å². The molecule has 0 bridgehead atoms. The number of hydrogen-bond donors (Lipinski definition) is 3. The van der Waals surface area contributed by atoms with E-state index >= 15 is 0 Å². The molecule has 0 aromatic carbocycles. The molecule has 0 radical (unpaired) electrons. The number of urea groups is 1. The summed E-state index contributed by atoms with van der Waals surface area (Å²) in [5.74, 6) is -0.996. The van der Waals surface area contributed by atoms with E-state index < -0.39 is 17.5 Å². The molecule has 0 saturated heterocycles. The molecule has 0 spiro atoms. The van der Waals surface area contributed by atoms with E-state index in [0.29, 0.717) is 12.3 Å². The van der Waals surface area contributed by atoms with Crippen molar-refractivity contribution in [1.29, 1.82) is 0 Å². The fourth-order valence-electron chi connectivity index (χ4n) is 2.17. The van der Waals surface area contributed by atoms with Crippen molar-refractivity contribution in [2.45, 2.75) is 12.8 Å². The molecular formula is C15H18N4O5S. The van der Waals surface area contributed by atoms with Crippen molar-refractivity contribution in [1.82, 2.24) is 20.8 Å². The average Bonchev–Trinajstić information content (AvgIpc) is 3.06. The lowest BCUT2D eigenvalue weighted by Gasteiger charge is -2.11. The Kier molecular flexibility index (Phi) is 6.34. The van der Waals surface area contributed by atoms with E-state index in [1.54, 1.807) is 0 Å². The number of aromatic amines is 1. The number of ketones is 2. The minimum absolute atomic E-state index is 0.00419. The Morgan fingerprint density at radius 2 is 2.08 bits per heavy atom. The van der Waals surface area contributed by atoms with Gasteiger partial charge in [0, 0.05) is 19.7 Å². The average molecular weight is 366 g/mol. The highest BCUT2D eigenvalue weighted by Crippen LogP contribution is 2.30. The Bertz CT molecular complexity index is 740. The number of aromatic nitrogens is 2. The molecule has 9 nitrogen and oxygen atoms in total. The van der Waals surface area contributed by atoms with Crippen molar-refractivity contribution in [3.05, 3.63) is 27.9 Å². The number of H-pyrrole nitrogens is 1. The van der Waals surface area contributed by atoms with Crippen LogP contribution in [0.15, 0.2) is 11.0 Å². The summed E-state index contributed by atoms with van der Waals surface area (Å²) < 4.78 is 4.58. The number of esters is 1. The third-order valence-corrected chi connectivity index (χ3v) is 4.55. The van der Waals surface area contributed by atoms with Gasteiger partial charge in [0.15, 0.2) is 5.69 Å². The predicted octanol–water partition coefficient (Wildman–Crippen LogP) is 0.902. The van der Waals surface area contributed by atoms with Gasteiger partial charge < -0.3 is 15.4 Å². The van der Waals surface area contributed by atoms with Crippen LogP contribution in [0.3, 0.4) is 0 Å². The first-order valence-corrected chi connectivity index (χ1v) is 8.54. The monoisotopic (exact) mass is 366 g/mol. The molecule has 10 heteroatoms. The molecule has 1 aromatic rings. The van der Waals surface area contributed by atoms with Gasteiger partial charge in [-0.25, -0.2) is 9.59 Å². The quantitative estimate of drug-likeness (QED) is 0.483. The maximum absolute atomic E-state index is 12.5. The largest absolute Gasteiger partial charge is 0.464 e. The zero-order valence-corrected chi connectivity index (χ0v) is 14.6. The van der Waals surface area contributed by atoms with Crippen molar-refractivity contribution in [2.75, 3.05) is 26.5 Å². The van der Waals surface area contributed by atoms with Crippen LogP contribution in [0.25, 0.3) is 0 Å². The number of carbonyl (C=O) groups excluding carboxylic acids is 4. The minimum Gasteiger partial charge on any atom is -0.464 e. The second-order valence-electron chi connectivity index (χ2n) is 5.08. The lowest BCUT2D eigenvalue weighted by molar-refractivity contribution is 0.0591. The number of hydrogen-bond acceptors (Lipinski definition) is 7. The molecule has 1 aliphatic carbocycles. The Hall–Kier alpha value is -2.62. The molecular weight excluding hydrogens is 348 g/mol. The number of carbonyl (C=O) groups is 4. The standard InChI is InChI=1S/C15H18N4O5S/c1-16-15(23)17-5-3-4-6-25-9-7-8(20)11-10(13(9)21)12(19-18-11)14(22)24-2/h7H,3-6H2,1-2H3,(H,18,19)(H2,16,17,23). The van der Waals surface area contributed by atoms with Crippen LogP contribution >= 0.6 is 11.8 Å². The second kappa shape index (κ2) is 8.47. The summed E-state index contributed by atoms with van der Waals surface area (Å²) in [6.07, 6.45) is 2.73. The number of thioether (sulfide) groups is 1. The van der Waals surface area contributed by atoms with Crippen molar-refractivity contribution < 1.29 is 23.9 Å². The summed E-state index contributed by atoms with van der Waals surface area (Å²) in [7, 11) is 2.72. The zero-order valence-electron chi connectivity index (χ0n) is 13.8. The molecule has 2 rings (SSSR count). The number of unbranched alkanes of at least 4 members (excludes halogenated alkanes) is 1. The van der Waals surface area contributed by atoms with E-state index in [9.17, 15) is 19.2 Å². The summed E-state index contributed by atoms with van der Waals surface area (Å²) in [6, 6.07) is -0.244. The smallest absolute Gasteiger partial charge is 0.359 e. The molecule has 0 fully saturated rings. The van der Waals surface area contributed by atoms with Gasteiger partial charge in [0.1, 0.15) is 5.69 Å². The first-order valence-electron chi connectivity index (χ1n) is 7.55. The van der Waals surface area contributed by atoms with E-state index in [0.717, 1.165) is 12.8 Å². The van der Waals surface area contributed by atoms with Crippen molar-refractivity contribution in [2.24, 2.45) is 0 Å². The lowest BCUT2D eigenvalue weighted by atomic mass is 9.99. The Labute approximate surface area is 147 Å². The summed E-state index contributed by atoms with van der Waals surface area (Å²) >= 11 is 1.24. The zero-order chi connectivity index (χ0) is 18.4. The topological polar surface area (TPSA) is 130 Å². The van der Waals surface area contributed by atoms with E-state index in [1.807, 2.05) is 0 Å². The van der Waals surface area contributed by atoms with E-state index in [4.69, 9.17) is 0 Å². The van der Waals surface area contributed by atoms with Gasteiger partial charge in [-0.1, -0.05) is 0 Å². The number of allylic oxidation sites excluding steroid dienone is 2. The maximum Gasteiger partial charge on any atom is 0.359 e. The summed E-state index contributed by atoms with van der Waals surface area (Å²) in [4.78, 5) is 47.6. The van der Waals surface area contributed by atoms with Gasteiger partial charge >= 0.3 is 12.0 Å². The first-order chi connectivity index (χ1) is 12.0. The molecule has 0 unspecified atom stereocenters. The number of fused-ring (bicyclic) bond motifs is 1. The Balaban J connectivity index is 1.94. The van der Waals surface area contributed by atoms with Gasteiger partial charge in [0.25, 0.3) is 0 Å². The van der Waals surface area contributed by atoms with E-state index in [1.165, 1.54) is 32.0 Å². The number of ether oxygens (including phenoxy) is 1. The number of nitrogens with zero attached hydrogens (tertiary/aromatic N) is 1. The van der Waals surface area contributed by atoms with Gasteiger partial charge in [-0.2, -0.15) is 5.10 Å². The van der Waals surface area contributed by atoms with Gasteiger partial charge in [0.05, 0.1) is 17.6 Å². The van der Waals surface area contributed by atoms with Crippen LogP contribution < -0.4 is 10.6 Å². The van der Waals surface area contributed by atoms with Crippen LogP contribution in [0.1, 0.15) is 44.2 Å². The molecule has 0 aliphatic heterocycles. The lowest BCUT2D eigenvalue weighted by Crippen LogP contribution is -2.33. The molecule has 1 heterocycles. The molecule has 1 aromatic heterocycles. The molecule has 1 aliphatic rings. The van der Waals surface area contributed by atoms with E-state index in [-0.39, 0.29) is 27.9 Å². The highest BCUT2D eigenvalue weighted by molar-refractivity contribution is 8.04. The number of nitrogens with one attached hydrogen (secondary N) is 3. The van der Waals surface area contributed by atoms with Crippen molar-refractivity contribution in [3.8, 4) is 0 Å². The normalized spacial score (nSPS) is 13.1. The summed E-state index contributed by atoms with van der Waals surface area (Å²) in [6.45, 7) is 0.518. The van der Waals surface area contributed by atoms with Crippen LogP contribution in [0.2, 0.25) is 0 Å². The molecule has 25 heavy (non-hydrogen) atoms. The van der Waals surface area contributed by atoms with Crippen molar-refractivity contribution >= 4 is 35.3 Å². The van der Waals surface area contributed by atoms with Gasteiger partial charge in [-0.15, -0.1) is 11.8 Å². The van der Waals surface area contributed by atoms with Crippen LogP contribution in [0.5, 0.6) is 0 Å². The SMILES string of the molecule is CNC(=O)NCCCCSC1=CC(=O)c2[nH]nc(C(=O)OC)c2C1=O. The number of methoxy groups -OCH3 is 1. The minimum atomic E-state index is -0.773. The third kappa shape index (κ3) is 4.27. The summed E-state index contributed by atoms with van der Waals surface area (Å²) in [5, 5.41) is 11.3. The van der Waals surface area contributed by atoms with Gasteiger partial charge in [-0.05, 0) is 18.6 Å². The van der Waals surface area contributed by atoms with Gasteiger partial charge in [-0.3, -0.25) is 14.7 Å². The summed E-state index contributed by atoms with van der Waals surface area (Å²) in [5.41, 5.74) is -0.218. The number of amides is 2.